The molecule has 0 aromatic heterocycles. The van der Waals surface area contributed by atoms with E-state index < -0.39 is 0 Å². The fourth-order valence-electron chi connectivity index (χ4n) is 2.96. The van der Waals surface area contributed by atoms with Gasteiger partial charge in [-0.1, -0.05) is 33.6 Å². The van der Waals surface area contributed by atoms with Gasteiger partial charge in [-0.2, -0.15) is 0 Å². The highest BCUT2D eigenvalue weighted by atomic mass is 32.2. The molecule has 1 aliphatic rings. The first-order valence-electron chi connectivity index (χ1n) is 10.0. The van der Waals surface area contributed by atoms with E-state index in [9.17, 15) is 14.4 Å². The maximum absolute atomic E-state index is 12.3. The van der Waals surface area contributed by atoms with Gasteiger partial charge in [-0.25, -0.2) is 0 Å². The summed E-state index contributed by atoms with van der Waals surface area (Å²) in [7, 11) is 1.87. The highest BCUT2D eigenvalue weighted by Crippen LogP contribution is 2.26. The Morgan fingerprint density at radius 2 is 1.88 bits per heavy atom. The average Bonchev–Trinajstić information content (AvgIpc) is 2.87. The van der Waals surface area contributed by atoms with Crippen LogP contribution in [-0.4, -0.2) is 58.2 Å². The molecule has 2 atom stereocenters. The van der Waals surface area contributed by atoms with Gasteiger partial charge in [0.25, 0.3) is 0 Å². The van der Waals surface area contributed by atoms with Gasteiger partial charge in [-0.15, -0.1) is 11.8 Å². The van der Waals surface area contributed by atoms with Crippen LogP contribution in [0.15, 0.2) is 0 Å². The van der Waals surface area contributed by atoms with E-state index in [4.69, 9.17) is 0 Å². The van der Waals surface area contributed by atoms with Gasteiger partial charge < -0.3 is 4.90 Å². The second-order valence-electron chi connectivity index (χ2n) is 7.60. The Morgan fingerprint density at radius 1 is 1.19 bits per heavy atom. The minimum atomic E-state index is -0.179. The van der Waals surface area contributed by atoms with Gasteiger partial charge in [0, 0.05) is 32.5 Å². The molecule has 1 aliphatic heterocycles. The van der Waals surface area contributed by atoms with E-state index in [1.54, 1.807) is 11.8 Å². The maximum atomic E-state index is 12.3. The van der Waals surface area contributed by atoms with Gasteiger partial charge in [-0.3, -0.25) is 19.3 Å². The smallest absolute Gasteiger partial charge is 0.242 e. The summed E-state index contributed by atoms with van der Waals surface area (Å²) in [5.41, 5.74) is 0. The minimum absolute atomic E-state index is 0.0160. The third-order valence-electron chi connectivity index (χ3n) is 5.26. The summed E-state index contributed by atoms with van der Waals surface area (Å²) in [5.74, 6) is 1.51. The van der Waals surface area contributed by atoms with Crippen LogP contribution >= 0.6 is 11.8 Å². The zero-order valence-corrected chi connectivity index (χ0v) is 17.9. The number of carbonyl (C=O) groups excluding carboxylic acids is 3. The van der Waals surface area contributed by atoms with E-state index in [2.05, 4.69) is 27.7 Å². The van der Waals surface area contributed by atoms with Gasteiger partial charge >= 0.3 is 0 Å². The molecule has 1 heterocycles. The fourth-order valence-corrected chi connectivity index (χ4v) is 4.23. The maximum Gasteiger partial charge on any atom is 0.242 e. The van der Waals surface area contributed by atoms with Crippen LogP contribution in [0.5, 0.6) is 0 Å². The minimum Gasteiger partial charge on any atom is -0.343 e. The molecular formula is C20H36N2O3S. The van der Waals surface area contributed by atoms with Crippen molar-refractivity contribution < 1.29 is 14.4 Å². The molecule has 0 saturated carbocycles. The molecule has 0 aliphatic carbocycles. The lowest BCUT2D eigenvalue weighted by Crippen LogP contribution is -2.38. The number of hydrogen-bond donors (Lipinski definition) is 0. The number of amides is 3. The summed E-state index contributed by atoms with van der Waals surface area (Å²) >= 11 is 1.62. The van der Waals surface area contributed by atoms with E-state index in [0.717, 1.165) is 37.9 Å². The van der Waals surface area contributed by atoms with Crippen LogP contribution in [0.3, 0.4) is 0 Å². The lowest BCUT2D eigenvalue weighted by molar-refractivity contribution is -0.138. The first-order chi connectivity index (χ1) is 12.3. The Bertz CT molecular complexity index is 482. The van der Waals surface area contributed by atoms with Crippen molar-refractivity contribution in [1.82, 2.24) is 9.80 Å². The van der Waals surface area contributed by atoms with E-state index in [1.165, 1.54) is 4.90 Å². The van der Waals surface area contributed by atoms with E-state index in [-0.39, 0.29) is 29.0 Å². The summed E-state index contributed by atoms with van der Waals surface area (Å²) in [6, 6.07) is 0.240. The second kappa shape index (κ2) is 11.6. The Balaban J connectivity index is 2.26. The summed E-state index contributed by atoms with van der Waals surface area (Å²) in [4.78, 5) is 39.8. The zero-order chi connectivity index (χ0) is 19.7. The Hall–Kier alpha value is -1.04. The van der Waals surface area contributed by atoms with Crippen LogP contribution in [0, 0.1) is 5.92 Å². The summed E-state index contributed by atoms with van der Waals surface area (Å²) in [5, 5.41) is -0.179. The number of likely N-dealkylation sites (tertiary alicyclic amines) is 1. The normalized spacial score (nSPS) is 18.7. The van der Waals surface area contributed by atoms with Crippen LogP contribution in [-0.2, 0) is 14.4 Å². The first-order valence-corrected chi connectivity index (χ1v) is 11.1. The second-order valence-corrected chi connectivity index (χ2v) is 8.91. The monoisotopic (exact) mass is 384 g/mol. The average molecular weight is 385 g/mol. The predicted molar refractivity (Wildman–Crippen MR) is 108 cm³/mol. The molecule has 0 aromatic carbocycles. The highest BCUT2D eigenvalue weighted by molar-refractivity contribution is 8.00. The van der Waals surface area contributed by atoms with E-state index in [0.29, 0.717) is 25.3 Å². The van der Waals surface area contributed by atoms with Crippen LogP contribution < -0.4 is 0 Å². The van der Waals surface area contributed by atoms with Crippen LogP contribution in [0.4, 0.5) is 0 Å². The number of rotatable bonds is 12. The summed E-state index contributed by atoms with van der Waals surface area (Å²) < 4.78 is 0. The van der Waals surface area contributed by atoms with Crippen molar-refractivity contribution in [2.24, 2.45) is 5.92 Å². The number of imide groups is 1. The van der Waals surface area contributed by atoms with E-state index >= 15 is 0 Å². The lowest BCUT2D eigenvalue weighted by atomic mass is 10.0. The molecule has 5 nitrogen and oxygen atoms in total. The fraction of sp³-hybridized carbons (Fsp3) is 0.850. The van der Waals surface area contributed by atoms with E-state index in [1.807, 2.05) is 11.9 Å². The van der Waals surface area contributed by atoms with Crippen LogP contribution in [0.1, 0.15) is 72.6 Å². The molecule has 1 saturated heterocycles. The lowest BCUT2D eigenvalue weighted by Gasteiger charge is -2.28. The van der Waals surface area contributed by atoms with Crippen LogP contribution in [0.2, 0.25) is 0 Å². The third-order valence-corrected chi connectivity index (χ3v) is 6.56. The van der Waals surface area contributed by atoms with Crippen molar-refractivity contribution in [3.8, 4) is 0 Å². The van der Waals surface area contributed by atoms with Gasteiger partial charge in [0.15, 0.2) is 0 Å². The predicted octanol–water partition coefficient (Wildman–Crippen LogP) is 3.71. The quantitative estimate of drug-likeness (QED) is 0.380. The topological polar surface area (TPSA) is 57.7 Å². The number of carbonyl (C=O) groups is 3. The van der Waals surface area contributed by atoms with Crippen molar-refractivity contribution in [3.63, 3.8) is 0 Å². The molecule has 1 rings (SSSR count). The molecule has 0 N–H and O–H groups in total. The van der Waals surface area contributed by atoms with Crippen molar-refractivity contribution in [1.29, 1.82) is 0 Å². The van der Waals surface area contributed by atoms with Gasteiger partial charge in [0.2, 0.25) is 17.7 Å². The number of hydrogen-bond acceptors (Lipinski definition) is 4. The molecule has 1 unspecified atom stereocenters. The molecule has 3 amide bonds. The molecule has 1 fully saturated rings. The molecule has 0 radical (unpaired) electrons. The van der Waals surface area contributed by atoms with Crippen molar-refractivity contribution >= 4 is 29.5 Å². The molecule has 0 spiro atoms. The van der Waals surface area contributed by atoms with Gasteiger partial charge in [0.05, 0.1) is 5.25 Å². The molecule has 0 aromatic rings. The first kappa shape index (κ1) is 23.0. The Labute approximate surface area is 163 Å². The SMILES string of the molecule is CCCCSC1CC(=O)N(CCCCCC(=O)N(C)[C@H](C)C(C)C)C1=O. The summed E-state index contributed by atoms with van der Waals surface area (Å²) in [6.45, 7) is 8.93. The van der Waals surface area contributed by atoms with Gasteiger partial charge in [-0.05, 0) is 37.9 Å². The largest absolute Gasteiger partial charge is 0.343 e. The van der Waals surface area contributed by atoms with Crippen molar-refractivity contribution in [2.45, 2.75) is 83.9 Å². The van der Waals surface area contributed by atoms with Crippen molar-refractivity contribution in [3.05, 3.63) is 0 Å². The Kier molecular flexibility index (Phi) is 10.3. The molecule has 150 valence electrons. The number of nitrogens with zero attached hydrogens (tertiary/aromatic N) is 2. The molecule has 26 heavy (non-hydrogen) atoms. The van der Waals surface area contributed by atoms with Crippen molar-refractivity contribution in [2.75, 3.05) is 19.3 Å². The Morgan fingerprint density at radius 3 is 2.50 bits per heavy atom. The van der Waals surface area contributed by atoms with Crippen LogP contribution in [0.25, 0.3) is 0 Å². The highest BCUT2D eigenvalue weighted by Gasteiger charge is 2.38. The number of unbranched alkanes of at least 4 members (excludes halogenated alkanes) is 3. The molecule has 6 heteroatoms. The third kappa shape index (κ3) is 6.93. The number of thioether (sulfide) groups is 1. The van der Waals surface area contributed by atoms with Gasteiger partial charge in [0.1, 0.15) is 0 Å². The molecular weight excluding hydrogens is 348 g/mol. The summed E-state index contributed by atoms with van der Waals surface area (Å²) in [6.07, 6.45) is 5.52. The zero-order valence-electron chi connectivity index (χ0n) is 17.1. The standard InChI is InChI=1S/C20H36N2O3S/c1-6-7-13-26-17-14-19(24)22(20(17)25)12-10-8-9-11-18(23)21(5)16(4)15(2)3/h15-17H,6-14H2,1-5H3/t16-,17?/m1/s1. The molecule has 0 bridgehead atoms.